The number of hydrogen-bond donors (Lipinski definition) is 4. The molecule has 0 aliphatic rings. The number of hydrogen-bond acceptors (Lipinski definition) is 4. The lowest BCUT2D eigenvalue weighted by molar-refractivity contribution is 0.181. The van der Waals surface area contributed by atoms with Gasteiger partial charge in [-0.15, -0.1) is 0 Å². The third-order valence-electron chi connectivity index (χ3n) is 2.08. The van der Waals surface area contributed by atoms with Gasteiger partial charge in [0.05, 0.1) is 6.10 Å². The number of rotatable bonds is 2. The van der Waals surface area contributed by atoms with Crippen LogP contribution in [0, 0.1) is 6.92 Å². The monoisotopic (exact) mass is 217 g/mol. The van der Waals surface area contributed by atoms with Gasteiger partial charge < -0.3 is 21.1 Å². The minimum atomic E-state index is -1.03. The Morgan fingerprint density at radius 3 is 2.57 bits per heavy atom. The van der Waals surface area contributed by atoms with Gasteiger partial charge in [0, 0.05) is 23.2 Å². The van der Waals surface area contributed by atoms with E-state index < -0.39 is 6.10 Å². The van der Waals surface area contributed by atoms with Gasteiger partial charge in [0.2, 0.25) is 0 Å². The molecular weight excluding hydrogens is 206 g/mol. The molecule has 0 aliphatic heterocycles. The molecule has 0 heterocycles. The van der Waals surface area contributed by atoms with E-state index in [0.29, 0.717) is 5.56 Å². The van der Waals surface area contributed by atoms with Crippen LogP contribution >= 0.6 is 11.6 Å². The molecule has 0 saturated carbocycles. The molecule has 14 heavy (non-hydrogen) atoms. The van der Waals surface area contributed by atoms with E-state index in [1.54, 1.807) is 6.92 Å². The van der Waals surface area contributed by atoms with Crippen LogP contribution in [0.5, 0.6) is 11.5 Å². The maximum Gasteiger partial charge on any atom is 0.163 e. The summed E-state index contributed by atoms with van der Waals surface area (Å²) < 4.78 is 0. The van der Waals surface area contributed by atoms with Gasteiger partial charge in [0.15, 0.2) is 11.5 Å². The maximum absolute atomic E-state index is 9.49. The van der Waals surface area contributed by atoms with Gasteiger partial charge in [-0.05, 0) is 12.5 Å². The Balaban J connectivity index is 3.39. The molecule has 0 saturated heterocycles. The summed E-state index contributed by atoms with van der Waals surface area (Å²) in [5.41, 5.74) is 5.95. The second-order valence-corrected chi connectivity index (χ2v) is 3.42. The second-order valence-electron chi connectivity index (χ2n) is 3.02. The van der Waals surface area contributed by atoms with Crippen molar-refractivity contribution in [2.24, 2.45) is 5.73 Å². The predicted octanol–water partition coefficient (Wildman–Crippen LogP) is 1.05. The lowest BCUT2D eigenvalue weighted by Gasteiger charge is -2.15. The zero-order chi connectivity index (χ0) is 10.9. The molecule has 0 fully saturated rings. The highest BCUT2D eigenvalue weighted by atomic mass is 35.5. The van der Waals surface area contributed by atoms with Crippen LogP contribution in [0.15, 0.2) is 6.07 Å². The molecule has 1 rings (SSSR count). The lowest BCUT2D eigenvalue weighted by Crippen LogP contribution is -2.13. The normalized spacial score (nSPS) is 12.9. The lowest BCUT2D eigenvalue weighted by atomic mass is 10.0. The van der Waals surface area contributed by atoms with Gasteiger partial charge in [-0.3, -0.25) is 0 Å². The highest BCUT2D eigenvalue weighted by Crippen LogP contribution is 2.39. The van der Waals surface area contributed by atoms with E-state index in [2.05, 4.69) is 0 Å². The molecule has 0 bridgehead atoms. The molecule has 1 aromatic rings. The third kappa shape index (κ3) is 1.77. The fraction of sp³-hybridized carbons (Fsp3) is 0.333. The van der Waals surface area contributed by atoms with Crippen molar-refractivity contribution in [2.45, 2.75) is 13.0 Å². The van der Waals surface area contributed by atoms with E-state index >= 15 is 0 Å². The van der Waals surface area contributed by atoms with Gasteiger partial charge in [0.1, 0.15) is 0 Å². The molecule has 5 heteroatoms. The standard InChI is InChI=1S/C9H12ClNO3/c1-4-5(10)2-6(12)9(14)8(4)7(13)3-11/h2,7,12-14H,3,11H2,1H3. The van der Waals surface area contributed by atoms with E-state index in [-0.39, 0.29) is 28.6 Å². The highest BCUT2D eigenvalue weighted by Gasteiger charge is 2.19. The van der Waals surface area contributed by atoms with Crippen molar-refractivity contribution in [3.05, 3.63) is 22.2 Å². The summed E-state index contributed by atoms with van der Waals surface area (Å²) in [5.74, 6) is -0.729. The van der Waals surface area contributed by atoms with Crippen molar-refractivity contribution < 1.29 is 15.3 Å². The SMILES string of the molecule is Cc1c(Cl)cc(O)c(O)c1C(O)CN. The molecule has 1 atom stereocenters. The second kappa shape index (κ2) is 4.04. The molecule has 0 radical (unpaired) electrons. The Kier molecular flexibility index (Phi) is 3.21. The van der Waals surface area contributed by atoms with E-state index in [1.165, 1.54) is 6.07 Å². The Morgan fingerprint density at radius 1 is 1.50 bits per heavy atom. The third-order valence-corrected chi connectivity index (χ3v) is 2.47. The van der Waals surface area contributed by atoms with Crippen LogP contribution in [-0.2, 0) is 0 Å². The number of benzene rings is 1. The molecule has 1 aromatic carbocycles. The van der Waals surface area contributed by atoms with E-state index in [9.17, 15) is 15.3 Å². The fourth-order valence-corrected chi connectivity index (χ4v) is 1.47. The van der Waals surface area contributed by atoms with Gasteiger partial charge in [-0.25, -0.2) is 0 Å². The minimum Gasteiger partial charge on any atom is -0.504 e. The molecule has 0 aliphatic carbocycles. The van der Waals surface area contributed by atoms with Gasteiger partial charge >= 0.3 is 0 Å². The van der Waals surface area contributed by atoms with Crippen LogP contribution in [0.4, 0.5) is 0 Å². The molecule has 78 valence electrons. The summed E-state index contributed by atoms with van der Waals surface area (Å²) in [6.45, 7) is 1.59. The number of aliphatic hydroxyl groups excluding tert-OH is 1. The first-order chi connectivity index (χ1) is 6.49. The largest absolute Gasteiger partial charge is 0.504 e. The maximum atomic E-state index is 9.49. The molecule has 0 spiro atoms. The number of phenolic OH excluding ortho intramolecular Hbond substituents is 2. The number of halogens is 1. The number of phenols is 2. The van der Waals surface area contributed by atoms with Crippen LogP contribution in [0.1, 0.15) is 17.2 Å². The number of aliphatic hydroxyl groups is 1. The zero-order valence-electron chi connectivity index (χ0n) is 7.66. The first kappa shape index (κ1) is 11.1. The van der Waals surface area contributed by atoms with Crippen molar-refractivity contribution in [3.63, 3.8) is 0 Å². The Hall–Kier alpha value is -0.970. The van der Waals surface area contributed by atoms with Crippen molar-refractivity contribution in [1.82, 2.24) is 0 Å². The first-order valence-corrected chi connectivity index (χ1v) is 4.45. The van der Waals surface area contributed by atoms with Crippen molar-refractivity contribution in [1.29, 1.82) is 0 Å². The summed E-state index contributed by atoms with van der Waals surface area (Å²) in [6.07, 6.45) is -1.03. The summed E-state index contributed by atoms with van der Waals surface area (Å²) in [7, 11) is 0. The molecule has 4 nitrogen and oxygen atoms in total. The Labute approximate surface area is 86.6 Å². The first-order valence-electron chi connectivity index (χ1n) is 4.08. The fourth-order valence-electron chi connectivity index (χ4n) is 1.27. The van der Waals surface area contributed by atoms with Crippen molar-refractivity contribution in [3.8, 4) is 11.5 Å². The van der Waals surface area contributed by atoms with Crippen LogP contribution in [0.3, 0.4) is 0 Å². The predicted molar refractivity (Wildman–Crippen MR) is 53.5 cm³/mol. The molecule has 5 N–H and O–H groups in total. The van der Waals surface area contributed by atoms with Crippen LogP contribution in [-0.4, -0.2) is 21.9 Å². The van der Waals surface area contributed by atoms with Crippen LogP contribution in [0.25, 0.3) is 0 Å². The number of nitrogens with two attached hydrogens (primary N) is 1. The van der Waals surface area contributed by atoms with Crippen LogP contribution < -0.4 is 5.73 Å². The van der Waals surface area contributed by atoms with E-state index in [4.69, 9.17) is 17.3 Å². The van der Waals surface area contributed by atoms with Crippen molar-refractivity contribution in [2.75, 3.05) is 6.54 Å². The van der Waals surface area contributed by atoms with Gasteiger partial charge in [-0.2, -0.15) is 0 Å². The Bertz CT molecular complexity index is 328. The average molecular weight is 218 g/mol. The quantitative estimate of drug-likeness (QED) is 0.558. The average Bonchev–Trinajstić information content (AvgIpc) is 2.15. The molecule has 0 amide bonds. The summed E-state index contributed by atoms with van der Waals surface area (Å²) in [5, 5.41) is 28.5. The van der Waals surface area contributed by atoms with Crippen LogP contribution in [0.2, 0.25) is 5.02 Å². The summed E-state index contributed by atoms with van der Waals surface area (Å²) >= 11 is 5.77. The smallest absolute Gasteiger partial charge is 0.163 e. The molecule has 1 unspecified atom stereocenters. The van der Waals surface area contributed by atoms with Crippen molar-refractivity contribution >= 4 is 11.6 Å². The van der Waals surface area contributed by atoms with Gasteiger partial charge in [-0.1, -0.05) is 11.6 Å². The topological polar surface area (TPSA) is 86.7 Å². The Morgan fingerprint density at radius 2 is 2.07 bits per heavy atom. The van der Waals surface area contributed by atoms with Gasteiger partial charge in [0.25, 0.3) is 0 Å². The van der Waals surface area contributed by atoms with E-state index in [0.717, 1.165) is 0 Å². The summed E-state index contributed by atoms with van der Waals surface area (Å²) in [6, 6.07) is 1.22. The van der Waals surface area contributed by atoms with E-state index in [1.807, 2.05) is 0 Å². The summed E-state index contributed by atoms with van der Waals surface area (Å²) in [4.78, 5) is 0. The number of aromatic hydroxyl groups is 2. The minimum absolute atomic E-state index is 0.0474. The zero-order valence-corrected chi connectivity index (χ0v) is 8.41. The highest BCUT2D eigenvalue weighted by molar-refractivity contribution is 6.31. The molecule has 0 aromatic heterocycles. The molecular formula is C9H12ClNO3.